The Morgan fingerprint density at radius 2 is 1.81 bits per heavy atom. The van der Waals surface area contributed by atoms with Crippen LogP contribution in [0.2, 0.25) is 0 Å². The first-order valence-electron chi connectivity index (χ1n) is 9.47. The second kappa shape index (κ2) is 12.1. The Hall–Kier alpha value is -2.41. The molecule has 0 saturated carbocycles. The highest BCUT2D eigenvalue weighted by molar-refractivity contribution is 5.88. The quantitative estimate of drug-likeness (QED) is 0.667. The molecule has 1 aromatic carbocycles. The lowest BCUT2D eigenvalue weighted by molar-refractivity contribution is -0.137. The van der Waals surface area contributed by atoms with E-state index in [2.05, 4.69) is 36.5 Å². The summed E-state index contributed by atoms with van der Waals surface area (Å²) in [5.41, 5.74) is 13.1. The minimum atomic E-state index is -0.504. The van der Waals surface area contributed by atoms with E-state index in [4.69, 9.17) is 11.5 Å². The number of rotatable bonds is 4. The minimum Gasteiger partial charge on any atom is -0.368 e. The summed E-state index contributed by atoms with van der Waals surface area (Å²) in [6, 6.07) is 8.27. The van der Waals surface area contributed by atoms with Crippen LogP contribution in [-0.2, 0) is 27.2 Å². The zero-order valence-corrected chi connectivity index (χ0v) is 16.3. The molecule has 150 valence electrons. The van der Waals surface area contributed by atoms with Gasteiger partial charge in [-0.05, 0) is 49.3 Å². The number of hydrogen-bond acceptors (Lipinski definition) is 4. The molecule has 1 fully saturated rings. The van der Waals surface area contributed by atoms with Crippen molar-refractivity contribution in [2.45, 2.75) is 45.6 Å². The van der Waals surface area contributed by atoms with Crippen LogP contribution in [0.1, 0.15) is 37.8 Å². The van der Waals surface area contributed by atoms with Crippen LogP contribution in [0, 0.1) is 5.92 Å². The molecule has 1 aromatic rings. The molecule has 27 heavy (non-hydrogen) atoms. The largest absolute Gasteiger partial charge is 0.368 e. The van der Waals surface area contributed by atoms with Crippen LogP contribution in [-0.4, -0.2) is 48.8 Å². The molecule has 7 heteroatoms. The number of amides is 3. The summed E-state index contributed by atoms with van der Waals surface area (Å²) in [5.74, 6) is 0.123. The van der Waals surface area contributed by atoms with Gasteiger partial charge < -0.3 is 21.7 Å². The van der Waals surface area contributed by atoms with Gasteiger partial charge in [-0.1, -0.05) is 38.1 Å². The van der Waals surface area contributed by atoms with Crippen molar-refractivity contribution in [3.8, 4) is 0 Å². The van der Waals surface area contributed by atoms with E-state index < -0.39 is 11.9 Å². The number of benzene rings is 1. The lowest BCUT2D eigenvalue weighted by atomic mass is 10.1. The third kappa shape index (κ3) is 7.38. The van der Waals surface area contributed by atoms with Gasteiger partial charge in [0.15, 0.2) is 0 Å². The van der Waals surface area contributed by atoms with E-state index in [1.54, 1.807) is 11.1 Å². The molecule has 1 aliphatic heterocycles. The van der Waals surface area contributed by atoms with E-state index in [-0.39, 0.29) is 12.5 Å². The van der Waals surface area contributed by atoms with E-state index in [1.807, 2.05) is 6.92 Å². The van der Waals surface area contributed by atoms with Crippen LogP contribution < -0.4 is 16.8 Å². The number of fused-ring (bicyclic) bond motifs is 1. The number of nitrogens with two attached hydrogens (primary N) is 2. The number of nitrogens with one attached hydrogen (secondary N) is 1. The SMILES string of the molecule is CC1Cc2ccccc2C1.CCN.NC(=O)C1CCCN1C(=O)CNC=O. The molecule has 7 nitrogen and oxygen atoms in total. The fourth-order valence-corrected chi connectivity index (χ4v) is 3.37. The average Bonchev–Trinajstić information content (AvgIpc) is 3.26. The Labute approximate surface area is 161 Å². The van der Waals surface area contributed by atoms with Gasteiger partial charge >= 0.3 is 0 Å². The van der Waals surface area contributed by atoms with Gasteiger partial charge in [0.25, 0.3) is 0 Å². The number of carbonyl (C=O) groups is 3. The van der Waals surface area contributed by atoms with Crippen molar-refractivity contribution < 1.29 is 14.4 Å². The van der Waals surface area contributed by atoms with Crippen molar-refractivity contribution in [3.05, 3.63) is 35.4 Å². The second-order valence-corrected chi connectivity index (χ2v) is 6.84. The molecular weight excluding hydrogens is 344 g/mol. The first-order valence-corrected chi connectivity index (χ1v) is 9.47. The second-order valence-electron chi connectivity index (χ2n) is 6.84. The molecular formula is C20H32N4O3. The molecule has 5 N–H and O–H groups in total. The van der Waals surface area contributed by atoms with Gasteiger partial charge in [0, 0.05) is 6.54 Å². The number of nitrogens with zero attached hydrogens (tertiary/aromatic N) is 1. The molecule has 3 amide bonds. The Morgan fingerprint density at radius 3 is 2.30 bits per heavy atom. The van der Waals surface area contributed by atoms with Gasteiger partial charge in [0.1, 0.15) is 6.04 Å². The third-order valence-corrected chi connectivity index (χ3v) is 4.49. The summed E-state index contributed by atoms with van der Waals surface area (Å²) in [7, 11) is 0. The summed E-state index contributed by atoms with van der Waals surface area (Å²) >= 11 is 0. The smallest absolute Gasteiger partial charge is 0.242 e. The molecule has 3 rings (SSSR count). The van der Waals surface area contributed by atoms with Crippen LogP contribution in [0.5, 0.6) is 0 Å². The van der Waals surface area contributed by atoms with Crippen molar-refractivity contribution in [2.24, 2.45) is 17.4 Å². The number of carbonyl (C=O) groups excluding carboxylic acids is 3. The Morgan fingerprint density at radius 1 is 1.26 bits per heavy atom. The Kier molecular flexibility index (Phi) is 10.1. The standard InChI is InChI=1S/C10H12.C8H13N3O3.C2H7N/c1-8-6-9-4-2-3-5-10(9)7-8;9-8(14)6-2-1-3-11(6)7(13)4-10-5-12;1-2-3/h2-5,8H,6-7H2,1H3;5-6H,1-4H2,(H2,9,14)(H,10,12);2-3H2,1H3. The number of likely N-dealkylation sites (tertiary alicyclic amines) is 1. The molecule has 1 heterocycles. The summed E-state index contributed by atoms with van der Waals surface area (Å²) in [4.78, 5) is 33.7. The predicted octanol–water partition coefficient (Wildman–Crippen LogP) is 0.595. The topological polar surface area (TPSA) is 119 Å². The molecule has 0 spiro atoms. The van der Waals surface area contributed by atoms with Crippen LogP contribution in [0.3, 0.4) is 0 Å². The van der Waals surface area contributed by atoms with Crippen LogP contribution in [0.4, 0.5) is 0 Å². The molecule has 0 bridgehead atoms. The van der Waals surface area contributed by atoms with E-state index in [9.17, 15) is 14.4 Å². The van der Waals surface area contributed by atoms with Crippen LogP contribution in [0.15, 0.2) is 24.3 Å². The maximum absolute atomic E-state index is 11.4. The summed E-state index contributed by atoms with van der Waals surface area (Å²) < 4.78 is 0. The number of primary amides is 1. The van der Waals surface area contributed by atoms with Crippen molar-refractivity contribution >= 4 is 18.2 Å². The third-order valence-electron chi connectivity index (χ3n) is 4.49. The lowest BCUT2D eigenvalue weighted by Crippen LogP contribution is -2.46. The molecule has 2 aliphatic rings. The number of hydrogen-bond donors (Lipinski definition) is 3. The molecule has 1 aliphatic carbocycles. The average molecular weight is 377 g/mol. The summed E-state index contributed by atoms with van der Waals surface area (Å²) in [6.07, 6.45) is 4.42. The lowest BCUT2D eigenvalue weighted by Gasteiger charge is -2.21. The van der Waals surface area contributed by atoms with E-state index in [1.165, 1.54) is 17.7 Å². The van der Waals surface area contributed by atoms with Gasteiger partial charge in [-0.25, -0.2) is 0 Å². The first-order chi connectivity index (χ1) is 12.9. The Balaban J connectivity index is 0.000000244. The monoisotopic (exact) mass is 376 g/mol. The van der Waals surface area contributed by atoms with Gasteiger partial charge in [-0.2, -0.15) is 0 Å². The van der Waals surface area contributed by atoms with Gasteiger partial charge in [0.2, 0.25) is 18.2 Å². The van der Waals surface area contributed by atoms with E-state index >= 15 is 0 Å². The molecule has 0 radical (unpaired) electrons. The summed E-state index contributed by atoms with van der Waals surface area (Å²) in [6.45, 7) is 5.43. The van der Waals surface area contributed by atoms with Gasteiger partial charge in [0.05, 0.1) is 6.54 Å². The van der Waals surface area contributed by atoms with E-state index in [0.717, 1.165) is 18.9 Å². The zero-order chi connectivity index (χ0) is 20.2. The van der Waals surface area contributed by atoms with Gasteiger partial charge in [-0.15, -0.1) is 0 Å². The first kappa shape index (κ1) is 22.6. The molecule has 0 aromatic heterocycles. The fourth-order valence-electron chi connectivity index (χ4n) is 3.37. The maximum Gasteiger partial charge on any atom is 0.242 e. The molecule has 1 atom stereocenters. The Bertz CT molecular complexity index is 596. The fraction of sp³-hybridized carbons (Fsp3) is 0.550. The van der Waals surface area contributed by atoms with Crippen molar-refractivity contribution in [2.75, 3.05) is 19.6 Å². The maximum atomic E-state index is 11.4. The van der Waals surface area contributed by atoms with Crippen molar-refractivity contribution in [3.63, 3.8) is 0 Å². The zero-order valence-electron chi connectivity index (χ0n) is 16.3. The predicted molar refractivity (Wildman–Crippen MR) is 106 cm³/mol. The van der Waals surface area contributed by atoms with Crippen molar-refractivity contribution in [1.29, 1.82) is 0 Å². The highest BCUT2D eigenvalue weighted by atomic mass is 16.2. The summed E-state index contributed by atoms with van der Waals surface area (Å²) in [5, 5.41) is 2.26. The van der Waals surface area contributed by atoms with Gasteiger partial charge in [-0.3, -0.25) is 14.4 Å². The minimum absolute atomic E-state index is 0.0761. The molecule has 1 saturated heterocycles. The van der Waals surface area contributed by atoms with Crippen LogP contribution in [0.25, 0.3) is 0 Å². The van der Waals surface area contributed by atoms with E-state index in [0.29, 0.717) is 19.4 Å². The highest BCUT2D eigenvalue weighted by Gasteiger charge is 2.32. The van der Waals surface area contributed by atoms with Crippen LogP contribution >= 0.6 is 0 Å². The highest BCUT2D eigenvalue weighted by Crippen LogP contribution is 2.25. The van der Waals surface area contributed by atoms with Crippen molar-refractivity contribution in [1.82, 2.24) is 10.2 Å². The molecule has 1 unspecified atom stereocenters. The normalized spacial score (nSPS) is 17.7.